The molecule has 6 heterocycles. The lowest BCUT2D eigenvalue weighted by atomic mass is 9.88. The zero-order chi connectivity index (χ0) is 53.5. The van der Waals surface area contributed by atoms with Crippen molar-refractivity contribution in [3.63, 3.8) is 0 Å². The van der Waals surface area contributed by atoms with Crippen molar-refractivity contribution in [2.24, 2.45) is 13.0 Å². The zero-order valence-corrected chi connectivity index (χ0v) is 43.8. The lowest BCUT2D eigenvalue weighted by Gasteiger charge is -2.38. The molecule has 2 fully saturated rings. The standard InChI is InChI=1S/C57H59F2N9O7S/c1-33-36(37-21-23-46(62-50(37)54(73)75-56(2,3)4)68-28-25-34-12-8-15-38(41(34)30-68)52(71)64-55-61-42-17-6-7-20-45(42)76-55)14-10-19-44(33)74-29-11-13-35-26-27-67(32-57(35,58)59)31-48(70)60-43-18-9-16-39-49(65-66(5)51(39)43)40-22-24-47(69)63-53(40)72/h6-10,12,14-21,23,35,40H,11,13,22,24-32H2,1-5H3,(H,60,70)(H,61,64,71)(H,63,69,72)/t35-,40?/m0/s1. The minimum atomic E-state index is -3.04. The summed E-state index contributed by atoms with van der Waals surface area (Å²) >= 11 is 1.42. The number of piperidine rings is 2. The highest BCUT2D eigenvalue weighted by molar-refractivity contribution is 7.22. The molecule has 0 aliphatic carbocycles. The number of anilines is 3. The maximum atomic E-state index is 15.8. The monoisotopic (exact) mass is 1050 g/mol. The van der Waals surface area contributed by atoms with Crippen LogP contribution in [0, 0.1) is 12.8 Å². The largest absolute Gasteiger partial charge is 0.493 e. The molecule has 7 aromatic rings. The lowest BCUT2D eigenvalue weighted by molar-refractivity contribution is -0.134. The van der Waals surface area contributed by atoms with Crippen LogP contribution < -0.4 is 25.6 Å². The number of benzene rings is 4. The predicted octanol–water partition coefficient (Wildman–Crippen LogP) is 9.60. The van der Waals surface area contributed by atoms with Crippen molar-refractivity contribution in [3.8, 4) is 16.9 Å². The molecule has 3 aromatic heterocycles. The van der Waals surface area contributed by atoms with E-state index in [0.717, 1.165) is 26.9 Å². The highest BCUT2D eigenvalue weighted by Crippen LogP contribution is 2.39. The zero-order valence-electron chi connectivity index (χ0n) is 43.0. The Labute approximate surface area is 442 Å². The van der Waals surface area contributed by atoms with E-state index < -0.39 is 47.7 Å². The number of thiazole rings is 1. The Hall–Kier alpha value is -7.64. The van der Waals surface area contributed by atoms with E-state index in [0.29, 0.717) is 94.6 Å². The summed E-state index contributed by atoms with van der Waals surface area (Å²) < 4.78 is 46.3. The summed E-state index contributed by atoms with van der Waals surface area (Å²) in [5.74, 6) is -5.52. The Kier molecular flexibility index (Phi) is 14.4. The van der Waals surface area contributed by atoms with Gasteiger partial charge in [-0.15, -0.1) is 0 Å². The summed E-state index contributed by atoms with van der Waals surface area (Å²) in [5, 5.41) is 14.0. The topological polar surface area (TPSA) is 190 Å². The number of alkyl halides is 2. The van der Waals surface area contributed by atoms with Gasteiger partial charge < -0.3 is 19.7 Å². The van der Waals surface area contributed by atoms with Crippen molar-refractivity contribution in [1.82, 2.24) is 30.0 Å². The minimum absolute atomic E-state index is 0.123. The molecule has 0 spiro atoms. The van der Waals surface area contributed by atoms with Gasteiger partial charge in [-0.3, -0.25) is 39.4 Å². The fourth-order valence-electron chi connectivity index (χ4n) is 10.6. The van der Waals surface area contributed by atoms with Crippen molar-refractivity contribution < 1.29 is 42.2 Å². The molecule has 76 heavy (non-hydrogen) atoms. The van der Waals surface area contributed by atoms with E-state index in [9.17, 15) is 24.0 Å². The second-order valence-electron chi connectivity index (χ2n) is 20.8. The van der Waals surface area contributed by atoms with E-state index in [4.69, 9.17) is 14.5 Å². The molecule has 394 valence electrons. The van der Waals surface area contributed by atoms with Crippen molar-refractivity contribution in [3.05, 3.63) is 125 Å². The van der Waals surface area contributed by atoms with Crippen molar-refractivity contribution in [1.29, 1.82) is 0 Å². The van der Waals surface area contributed by atoms with Gasteiger partial charge in [-0.1, -0.05) is 59.9 Å². The SMILES string of the molecule is Cc1c(OCCC[C@H]2CCN(CC(=O)Nc3cccc4c(C5CCC(=O)NC5=O)nn(C)c34)CC2(F)F)cccc1-c1ccc(N2CCc3cccc(C(=O)Nc4nc5ccccc5s4)c3C2)nc1C(=O)OC(C)(C)C. The van der Waals surface area contributed by atoms with Gasteiger partial charge in [0.2, 0.25) is 17.7 Å². The van der Waals surface area contributed by atoms with Gasteiger partial charge >= 0.3 is 5.97 Å². The molecule has 3 aliphatic heterocycles. The molecule has 4 aromatic carbocycles. The van der Waals surface area contributed by atoms with Gasteiger partial charge in [0.25, 0.3) is 11.8 Å². The Morgan fingerprint density at radius 1 is 0.895 bits per heavy atom. The lowest BCUT2D eigenvalue weighted by Crippen LogP contribution is -2.50. The van der Waals surface area contributed by atoms with Gasteiger partial charge in [0.1, 0.15) is 17.2 Å². The van der Waals surface area contributed by atoms with E-state index in [1.54, 1.807) is 50.7 Å². The van der Waals surface area contributed by atoms with Crippen molar-refractivity contribution in [2.45, 2.75) is 90.2 Å². The first-order valence-electron chi connectivity index (χ1n) is 25.6. The number of ether oxygens (including phenoxy) is 2. The molecule has 19 heteroatoms. The highest BCUT2D eigenvalue weighted by Gasteiger charge is 2.44. The van der Waals surface area contributed by atoms with Crippen molar-refractivity contribution in [2.75, 3.05) is 48.3 Å². The number of likely N-dealkylation sites (tertiary alicyclic amines) is 1. The van der Waals surface area contributed by atoms with E-state index in [1.807, 2.05) is 79.7 Å². The first kappa shape index (κ1) is 51.8. The third kappa shape index (κ3) is 11.0. The van der Waals surface area contributed by atoms with E-state index >= 15 is 8.78 Å². The predicted molar refractivity (Wildman–Crippen MR) is 287 cm³/mol. The average molecular weight is 1050 g/mol. The van der Waals surface area contributed by atoms with Gasteiger partial charge in [-0.05, 0) is 131 Å². The molecule has 16 nitrogen and oxygen atoms in total. The van der Waals surface area contributed by atoms with Crippen LogP contribution in [-0.4, -0.2) is 98.6 Å². The molecule has 1 unspecified atom stereocenters. The normalized spacial score (nSPS) is 17.8. The van der Waals surface area contributed by atoms with Crippen LogP contribution in [0.25, 0.3) is 32.2 Å². The molecule has 3 N–H and O–H groups in total. The number of rotatable bonds is 14. The Morgan fingerprint density at radius 3 is 2.49 bits per heavy atom. The smallest absolute Gasteiger partial charge is 0.358 e. The van der Waals surface area contributed by atoms with Gasteiger partial charge in [0.05, 0.1) is 52.7 Å². The van der Waals surface area contributed by atoms with Crippen LogP contribution in [0.1, 0.15) is 102 Å². The first-order chi connectivity index (χ1) is 36.4. The van der Waals surface area contributed by atoms with Crippen molar-refractivity contribution >= 4 is 78.7 Å². The number of amides is 4. The van der Waals surface area contributed by atoms with Gasteiger partial charge in [0.15, 0.2) is 10.8 Å². The number of hydrogen-bond donors (Lipinski definition) is 3. The van der Waals surface area contributed by atoms with Gasteiger partial charge in [-0.25, -0.2) is 23.5 Å². The summed E-state index contributed by atoms with van der Waals surface area (Å²) in [6.45, 7) is 7.96. The minimum Gasteiger partial charge on any atom is -0.493 e. The van der Waals surface area contributed by atoms with E-state index in [1.165, 1.54) is 16.2 Å². The fourth-order valence-corrected chi connectivity index (χ4v) is 11.5. The first-order valence-corrected chi connectivity index (χ1v) is 26.4. The Bertz CT molecular complexity index is 3390. The molecule has 10 rings (SSSR count). The van der Waals surface area contributed by atoms with Crippen LogP contribution in [0.3, 0.4) is 0 Å². The van der Waals surface area contributed by atoms with Crippen LogP contribution in [0.4, 0.5) is 25.4 Å². The number of hydrogen-bond acceptors (Lipinski definition) is 13. The quantitative estimate of drug-likeness (QED) is 0.0532. The number of nitrogens with one attached hydrogen (secondary N) is 3. The van der Waals surface area contributed by atoms with Crippen LogP contribution in [0.2, 0.25) is 0 Å². The number of carbonyl (C=O) groups is 5. The molecular formula is C57H59F2N9O7S. The third-order valence-corrected chi connectivity index (χ3v) is 15.2. The maximum Gasteiger partial charge on any atom is 0.358 e. The molecule has 4 amide bonds. The third-order valence-electron chi connectivity index (χ3n) is 14.3. The average Bonchev–Trinajstić information content (AvgIpc) is 3.99. The number of para-hydroxylation sites is 2. The molecule has 2 saturated heterocycles. The highest BCUT2D eigenvalue weighted by atomic mass is 32.1. The Balaban J connectivity index is 0.770. The number of aryl methyl sites for hydroxylation is 1. The molecule has 2 atom stereocenters. The fraction of sp³-hybridized carbons (Fsp3) is 0.368. The molecule has 0 radical (unpaired) electrons. The summed E-state index contributed by atoms with van der Waals surface area (Å²) in [7, 11) is 1.70. The van der Waals surface area contributed by atoms with E-state index in [2.05, 4.69) is 30.9 Å². The van der Waals surface area contributed by atoms with Crippen LogP contribution >= 0.6 is 11.3 Å². The number of pyridine rings is 1. The van der Waals surface area contributed by atoms with Crippen LogP contribution in [0.5, 0.6) is 5.75 Å². The molecule has 0 saturated carbocycles. The number of fused-ring (bicyclic) bond motifs is 3. The molecule has 3 aliphatic rings. The van der Waals surface area contributed by atoms with Gasteiger partial charge in [-0.2, -0.15) is 5.10 Å². The number of halogens is 2. The number of esters is 1. The maximum absolute atomic E-state index is 15.8. The van der Waals surface area contributed by atoms with Gasteiger partial charge in [0, 0.05) is 49.0 Å². The van der Waals surface area contributed by atoms with E-state index in [-0.39, 0.29) is 49.9 Å². The summed E-state index contributed by atoms with van der Waals surface area (Å²) in [6.07, 6.45) is 1.95. The second kappa shape index (κ2) is 21.2. The summed E-state index contributed by atoms with van der Waals surface area (Å²) in [4.78, 5) is 78.7. The Morgan fingerprint density at radius 2 is 1.70 bits per heavy atom. The van der Waals surface area contributed by atoms with Crippen LogP contribution in [-0.2, 0) is 39.1 Å². The second-order valence-corrected chi connectivity index (χ2v) is 21.8. The molecule has 0 bridgehead atoms. The number of aromatic nitrogens is 4. The van der Waals surface area contributed by atoms with Crippen LogP contribution in [0.15, 0.2) is 91.0 Å². The number of imide groups is 1. The number of nitrogens with zero attached hydrogens (tertiary/aromatic N) is 6. The number of carbonyl (C=O) groups excluding carboxylic acids is 5. The summed E-state index contributed by atoms with van der Waals surface area (Å²) in [6, 6.07) is 27.9. The summed E-state index contributed by atoms with van der Waals surface area (Å²) in [5.41, 5.74) is 6.11. The molecular weight excluding hydrogens is 993 g/mol.